The second-order valence-electron chi connectivity index (χ2n) is 5.88. The quantitative estimate of drug-likeness (QED) is 0.549. The number of nitrogens with zero attached hydrogens (tertiary/aromatic N) is 2. The first-order valence-corrected chi connectivity index (χ1v) is 8.32. The summed E-state index contributed by atoms with van der Waals surface area (Å²) in [4.78, 5) is 35.3. The van der Waals surface area contributed by atoms with Crippen molar-refractivity contribution in [2.45, 2.75) is 12.5 Å². The van der Waals surface area contributed by atoms with Gasteiger partial charge in [0.25, 0.3) is 0 Å². The Labute approximate surface area is 169 Å². The Morgan fingerprint density at radius 3 is 2.43 bits per heavy atom. The number of hydrogen-bond acceptors (Lipinski definition) is 6. The largest absolute Gasteiger partial charge is 0.468 e. The van der Waals surface area contributed by atoms with E-state index >= 15 is 0 Å². The molecule has 0 saturated heterocycles. The number of anilines is 1. The minimum Gasteiger partial charge on any atom is -0.468 e. The third-order valence-electron chi connectivity index (χ3n) is 3.85. The van der Waals surface area contributed by atoms with E-state index in [4.69, 9.17) is 0 Å². The summed E-state index contributed by atoms with van der Waals surface area (Å²) in [6, 6.07) is 6.40. The molecule has 2 aromatic rings. The summed E-state index contributed by atoms with van der Waals surface area (Å²) in [5, 5.41) is 12.3. The zero-order chi connectivity index (χ0) is 19.8. The molecule has 0 bridgehead atoms. The maximum atomic E-state index is 12.5. The van der Waals surface area contributed by atoms with Crippen LogP contribution in [0.5, 0.6) is 0 Å². The molecule has 0 aliphatic heterocycles. The van der Waals surface area contributed by atoms with E-state index in [1.807, 2.05) is 0 Å². The van der Waals surface area contributed by atoms with Crippen molar-refractivity contribution < 1.29 is 19.1 Å². The molecule has 28 heavy (non-hydrogen) atoms. The summed E-state index contributed by atoms with van der Waals surface area (Å²) in [5.74, 6) is -1.01. The second kappa shape index (κ2) is 11.1. The molecule has 10 heteroatoms. The van der Waals surface area contributed by atoms with E-state index in [1.54, 1.807) is 55.4 Å². The molecule has 1 aromatic carbocycles. The van der Waals surface area contributed by atoms with Gasteiger partial charge in [-0.2, -0.15) is 5.10 Å². The molecular weight excluding hydrogens is 386 g/mol. The molecule has 0 aliphatic carbocycles. The molecule has 1 atom stereocenters. The van der Waals surface area contributed by atoms with Gasteiger partial charge in [-0.05, 0) is 24.7 Å². The average Bonchev–Trinajstić information content (AvgIpc) is 3.07. The lowest BCUT2D eigenvalue weighted by molar-refractivity contribution is -0.141. The fourth-order valence-electron chi connectivity index (χ4n) is 2.45. The molecule has 2 rings (SSSR count). The molecular formula is C18H24ClN5O4. The smallest absolute Gasteiger partial charge is 0.325 e. The first-order valence-electron chi connectivity index (χ1n) is 8.32. The summed E-state index contributed by atoms with van der Waals surface area (Å²) in [7, 11) is 4.75. The summed E-state index contributed by atoms with van der Waals surface area (Å²) in [6.45, 7) is -0.163. The predicted molar refractivity (Wildman–Crippen MR) is 106 cm³/mol. The van der Waals surface area contributed by atoms with Crippen molar-refractivity contribution >= 4 is 35.9 Å². The maximum absolute atomic E-state index is 12.5. The van der Waals surface area contributed by atoms with Gasteiger partial charge in [0.05, 0.1) is 19.7 Å². The zero-order valence-electron chi connectivity index (χ0n) is 15.9. The maximum Gasteiger partial charge on any atom is 0.325 e. The van der Waals surface area contributed by atoms with E-state index in [0.717, 1.165) is 11.1 Å². The van der Waals surface area contributed by atoms with E-state index in [-0.39, 0.29) is 37.2 Å². The number of aryl methyl sites for hydroxylation is 1. The Balaban J connectivity index is 0.00000392. The number of carbonyl (C=O) groups is 3. The van der Waals surface area contributed by atoms with Crippen molar-refractivity contribution in [3.63, 3.8) is 0 Å². The van der Waals surface area contributed by atoms with E-state index in [2.05, 4.69) is 25.8 Å². The predicted octanol–water partition coefficient (Wildman–Crippen LogP) is 0.573. The molecule has 3 N–H and O–H groups in total. The Hall–Kier alpha value is -2.91. The SMILES string of the molecule is CNC(C(=O)Nc1ccc(CC(=O)NCC(=O)OC)cc1)c1cnn(C)c1.Cl. The van der Waals surface area contributed by atoms with Crippen molar-refractivity contribution in [3.05, 3.63) is 47.8 Å². The van der Waals surface area contributed by atoms with Crippen LogP contribution in [0.1, 0.15) is 17.2 Å². The first-order chi connectivity index (χ1) is 12.9. The number of carbonyl (C=O) groups excluding carboxylic acids is 3. The number of halogens is 1. The summed E-state index contributed by atoms with van der Waals surface area (Å²) < 4.78 is 6.09. The fraction of sp³-hybridized carbons (Fsp3) is 0.333. The van der Waals surface area contributed by atoms with Crippen molar-refractivity contribution in [3.8, 4) is 0 Å². The van der Waals surface area contributed by atoms with Gasteiger partial charge in [0.2, 0.25) is 11.8 Å². The summed E-state index contributed by atoms with van der Waals surface area (Å²) >= 11 is 0. The molecule has 0 saturated carbocycles. The molecule has 0 spiro atoms. The molecule has 0 fully saturated rings. The molecule has 2 amide bonds. The van der Waals surface area contributed by atoms with Gasteiger partial charge in [-0.15, -0.1) is 12.4 Å². The van der Waals surface area contributed by atoms with Crippen molar-refractivity contribution in [1.29, 1.82) is 0 Å². The number of amides is 2. The summed E-state index contributed by atoms with van der Waals surface area (Å²) in [5.41, 5.74) is 2.13. The van der Waals surface area contributed by atoms with E-state index in [0.29, 0.717) is 5.69 Å². The van der Waals surface area contributed by atoms with E-state index in [9.17, 15) is 14.4 Å². The standard InChI is InChI=1S/C18H23N5O4.ClH/c1-19-17(13-9-21-23(2)11-13)18(26)22-14-6-4-12(5-7-14)8-15(24)20-10-16(25)27-3;/h4-7,9,11,17,19H,8,10H2,1-3H3,(H,20,24)(H,22,26);1H. The second-order valence-corrected chi connectivity index (χ2v) is 5.88. The van der Waals surface area contributed by atoms with Crippen molar-refractivity contribution in [1.82, 2.24) is 20.4 Å². The molecule has 1 heterocycles. The Kier molecular flexibility index (Phi) is 9.13. The normalized spacial score (nSPS) is 11.1. The van der Waals surface area contributed by atoms with Gasteiger partial charge in [-0.25, -0.2) is 0 Å². The van der Waals surface area contributed by atoms with Crippen LogP contribution in [0, 0.1) is 0 Å². The lowest BCUT2D eigenvalue weighted by Crippen LogP contribution is -2.31. The molecule has 1 aromatic heterocycles. The average molecular weight is 410 g/mol. The third-order valence-corrected chi connectivity index (χ3v) is 3.85. The van der Waals surface area contributed by atoms with Crippen LogP contribution in [0.2, 0.25) is 0 Å². The Morgan fingerprint density at radius 2 is 1.89 bits per heavy atom. The first kappa shape index (κ1) is 23.1. The lowest BCUT2D eigenvalue weighted by atomic mass is 10.1. The minimum absolute atomic E-state index is 0. The van der Waals surface area contributed by atoms with Crippen LogP contribution in [0.25, 0.3) is 0 Å². The highest BCUT2D eigenvalue weighted by Crippen LogP contribution is 2.16. The third kappa shape index (κ3) is 6.67. The molecule has 152 valence electrons. The Bertz CT molecular complexity index is 807. The highest BCUT2D eigenvalue weighted by atomic mass is 35.5. The van der Waals surface area contributed by atoms with Gasteiger partial charge < -0.3 is 20.7 Å². The monoisotopic (exact) mass is 409 g/mol. The van der Waals surface area contributed by atoms with Crippen LogP contribution in [0.4, 0.5) is 5.69 Å². The van der Waals surface area contributed by atoms with Gasteiger partial charge in [-0.3, -0.25) is 19.1 Å². The van der Waals surface area contributed by atoms with E-state index in [1.165, 1.54) is 7.11 Å². The number of rotatable bonds is 8. The van der Waals surface area contributed by atoms with Gasteiger partial charge >= 0.3 is 5.97 Å². The number of likely N-dealkylation sites (N-methyl/N-ethyl adjacent to an activating group) is 1. The highest BCUT2D eigenvalue weighted by molar-refractivity contribution is 5.95. The number of nitrogens with one attached hydrogen (secondary N) is 3. The van der Waals surface area contributed by atoms with Gasteiger partial charge in [-0.1, -0.05) is 12.1 Å². The number of benzene rings is 1. The lowest BCUT2D eigenvalue weighted by Gasteiger charge is -2.14. The number of aromatic nitrogens is 2. The molecule has 1 unspecified atom stereocenters. The summed E-state index contributed by atoms with van der Waals surface area (Å²) in [6.07, 6.45) is 3.54. The number of methoxy groups -OCH3 is 1. The van der Waals surface area contributed by atoms with E-state index < -0.39 is 12.0 Å². The van der Waals surface area contributed by atoms with Crippen LogP contribution in [-0.4, -0.2) is 48.3 Å². The van der Waals surface area contributed by atoms with Crippen LogP contribution >= 0.6 is 12.4 Å². The van der Waals surface area contributed by atoms with Crippen molar-refractivity contribution in [2.75, 3.05) is 26.0 Å². The molecule has 0 aliphatic rings. The molecule has 9 nitrogen and oxygen atoms in total. The van der Waals surface area contributed by atoms with Crippen LogP contribution in [-0.2, 0) is 32.6 Å². The zero-order valence-corrected chi connectivity index (χ0v) is 16.7. The number of hydrogen-bond donors (Lipinski definition) is 3. The van der Waals surface area contributed by atoms with Gasteiger partial charge in [0, 0.05) is 24.5 Å². The Morgan fingerprint density at radius 1 is 1.21 bits per heavy atom. The van der Waals surface area contributed by atoms with Gasteiger partial charge in [0.1, 0.15) is 12.6 Å². The number of ether oxygens (including phenoxy) is 1. The highest BCUT2D eigenvalue weighted by Gasteiger charge is 2.20. The van der Waals surface area contributed by atoms with Gasteiger partial charge in [0.15, 0.2) is 0 Å². The fourth-order valence-corrected chi connectivity index (χ4v) is 2.45. The molecule has 0 radical (unpaired) electrons. The topological polar surface area (TPSA) is 114 Å². The minimum atomic E-state index is -0.525. The number of esters is 1. The van der Waals surface area contributed by atoms with Crippen LogP contribution < -0.4 is 16.0 Å². The van der Waals surface area contributed by atoms with Crippen LogP contribution in [0.3, 0.4) is 0 Å². The van der Waals surface area contributed by atoms with Crippen molar-refractivity contribution in [2.24, 2.45) is 7.05 Å². The van der Waals surface area contributed by atoms with Crippen LogP contribution in [0.15, 0.2) is 36.7 Å².